The second-order valence-corrected chi connectivity index (χ2v) is 5.08. The van der Waals surface area contributed by atoms with Crippen LogP contribution in [0.15, 0.2) is 85.0 Å². The molecule has 0 nitrogen and oxygen atoms in total. The van der Waals surface area contributed by atoms with Crippen molar-refractivity contribution in [1.82, 2.24) is 0 Å². The van der Waals surface area contributed by atoms with Crippen LogP contribution in [0.5, 0.6) is 0 Å². The Morgan fingerprint density at radius 3 is 1.25 bits per heavy atom. The van der Waals surface area contributed by atoms with Crippen LogP contribution in [-0.2, 0) is 0 Å². The molecule has 0 aromatic heterocycles. The fraction of sp³-hybridized carbons (Fsp3) is 0.100. The molecule has 0 bridgehead atoms. The highest BCUT2D eigenvalue weighted by atomic mass is 14.0. The van der Waals surface area contributed by atoms with Gasteiger partial charge in [0, 0.05) is 11.8 Å². The molecule has 0 heterocycles. The average molecular weight is 258 g/mol. The van der Waals surface area contributed by atoms with E-state index in [9.17, 15) is 0 Å². The van der Waals surface area contributed by atoms with Crippen LogP contribution in [0.3, 0.4) is 0 Å². The molecule has 0 unspecified atom stereocenters. The quantitative estimate of drug-likeness (QED) is 0.696. The average Bonchev–Trinajstić information content (AvgIpc) is 3.17. The van der Waals surface area contributed by atoms with E-state index in [0.29, 0.717) is 11.8 Å². The molecule has 20 heavy (non-hydrogen) atoms. The summed E-state index contributed by atoms with van der Waals surface area (Å²) in [5, 5.41) is 0. The van der Waals surface area contributed by atoms with E-state index in [0.717, 1.165) is 0 Å². The van der Waals surface area contributed by atoms with Crippen molar-refractivity contribution >= 4 is 12.2 Å². The smallest absolute Gasteiger partial charge is 0.0136 e. The van der Waals surface area contributed by atoms with Crippen molar-refractivity contribution in [3.05, 3.63) is 96.2 Å². The lowest BCUT2D eigenvalue weighted by atomic mass is 10.1. The first-order chi connectivity index (χ1) is 9.90. The summed E-state index contributed by atoms with van der Waals surface area (Å²) in [6, 6.07) is 8.66. The Balaban J connectivity index is 1.62. The summed E-state index contributed by atoms with van der Waals surface area (Å²) >= 11 is 0. The maximum Gasteiger partial charge on any atom is 0.0136 e. The molecule has 3 rings (SSSR count). The van der Waals surface area contributed by atoms with Gasteiger partial charge in [0.2, 0.25) is 0 Å². The van der Waals surface area contributed by atoms with Gasteiger partial charge >= 0.3 is 0 Å². The Kier molecular flexibility index (Phi) is 3.93. The normalized spacial score (nSPS) is 18.4. The maximum atomic E-state index is 2.22. The molecule has 2 aliphatic rings. The zero-order valence-electron chi connectivity index (χ0n) is 11.4. The van der Waals surface area contributed by atoms with E-state index < -0.39 is 0 Å². The third-order valence-corrected chi connectivity index (χ3v) is 3.51. The van der Waals surface area contributed by atoms with E-state index in [-0.39, 0.29) is 0 Å². The van der Waals surface area contributed by atoms with Crippen LogP contribution in [-0.4, -0.2) is 0 Å². The Bertz CT molecular complexity index is 538. The molecule has 0 atom stereocenters. The lowest BCUT2D eigenvalue weighted by molar-refractivity contribution is 1.10. The first kappa shape index (κ1) is 12.7. The van der Waals surface area contributed by atoms with Crippen LogP contribution >= 0.6 is 0 Å². The van der Waals surface area contributed by atoms with Gasteiger partial charge in [0.05, 0.1) is 0 Å². The van der Waals surface area contributed by atoms with Crippen LogP contribution in [0.4, 0.5) is 0 Å². The molecular weight excluding hydrogens is 240 g/mol. The van der Waals surface area contributed by atoms with E-state index in [4.69, 9.17) is 0 Å². The van der Waals surface area contributed by atoms with Crippen LogP contribution in [0.1, 0.15) is 11.1 Å². The molecule has 0 N–H and O–H groups in total. The minimum absolute atomic E-state index is 0.454. The third kappa shape index (κ3) is 3.36. The van der Waals surface area contributed by atoms with Gasteiger partial charge in [-0.15, -0.1) is 0 Å². The van der Waals surface area contributed by atoms with Crippen LogP contribution < -0.4 is 0 Å². The van der Waals surface area contributed by atoms with Gasteiger partial charge in [0.1, 0.15) is 0 Å². The minimum atomic E-state index is 0.454. The van der Waals surface area contributed by atoms with Gasteiger partial charge in [0.15, 0.2) is 0 Å². The molecule has 2 aliphatic carbocycles. The highest BCUT2D eigenvalue weighted by Crippen LogP contribution is 2.15. The van der Waals surface area contributed by atoms with Crippen LogP contribution in [0, 0.1) is 11.8 Å². The zero-order chi connectivity index (χ0) is 13.6. The summed E-state index contributed by atoms with van der Waals surface area (Å²) in [5.74, 6) is 0.908. The van der Waals surface area contributed by atoms with Crippen molar-refractivity contribution < 1.29 is 0 Å². The zero-order valence-corrected chi connectivity index (χ0v) is 11.4. The van der Waals surface area contributed by atoms with Gasteiger partial charge < -0.3 is 0 Å². The fourth-order valence-electron chi connectivity index (χ4n) is 2.32. The number of benzene rings is 1. The third-order valence-electron chi connectivity index (χ3n) is 3.51. The summed E-state index contributed by atoms with van der Waals surface area (Å²) in [5.41, 5.74) is 2.49. The molecule has 0 saturated heterocycles. The predicted molar refractivity (Wildman–Crippen MR) is 88.1 cm³/mol. The summed E-state index contributed by atoms with van der Waals surface area (Å²) in [7, 11) is 0. The maximum absolute atomic E-state index is 2.22. The molecule has 0 fully saturated rings. The highest BCUT2D eigenvalue weighted by Gasteiger charge is 1.98. The molecule has 0 heteroatoms. The first-order valence-electron chi connectivity index (χ1n) is 7.07. The van der Waals surface area contributed by atoms with Gasteiger partial charge in [-0.05, 0) is 11.1 Å². The number of hydrogen-bond donors (Lipinski definition) is 0. The molecule has 0 radical (unpaired) electrons. The number of rotatable bonds is 4. The van der Waals surface area contributed by atoms with Crippen molar-refractivity contribution in [2.45, 2.75) is 0 Å². The van der Waals surface area contributed by atoms with E-state index in [1.807, 2.05) is 0 Å². The SMILES string of the molecule is C1=CC(C=Cc2ccc(C=CC3C=CC=C3)cc2)C=C1. The van der Waals surface area contributed by atoms with Crippen LogP contribution in [0.25, 0.3) is 12.2 Å². The van der Waals surface area contributed by atoms with Crippen molar-refractivity contribution in [3.8, 4) is 0 Å². The Labute approximate surface area is 120 Å². The topological polar surface area (TPSA) is 0 Å². The predicted octanol–water partition coefficient (Wildman–Crippen LogP) is 5.20. The van der Waals surface area contributed by atoms with Gasteiger partial charge in [-0.2, -0.15) is 0 Å². The van der Waals surface area contributed by atoms with E-state index >= 15 is 0 Å². The highest BCUT2D eigenvalue weighted by molar-refractivity contribution is 5.57. The molecule has 1 aromatic carbocycles. The molecule has 1 aromatic rings. The Hall–Kier alpha value is -2.34. The summed E-state index contributed by atoms with van der Waals surface area (Å²) in [4.78, 5) is 0. The molecule has 0 aliphatic heterocycles. The lowest BCUT2D eigenvalue weighted by Gasteiger charge is -1.99. The monoisotopic (exact) mass is 258 g/mol. The molecule has 0 saturated carbocycles. The summed E-state index contributed by atoms with van der Waals surface area (Å²) < 4.78 is 0. The van der Waals surface area contributed by atoms with Crippen LogP contribution in [0.2, 0.25) is 0 Å². The largest absolute Gasteiger partial charge is 0.0738 e. The Morgan fingerprint density at radius 1 is 0.550 bits per heavy atom. The molecule has 98 valence electrons. The van der Waals surface area contributed by atoms with Crippen molar-refractivity contribution in [3.63, 3.8) is 0 Å². The minimum Gasteiger partial charge on any atom is -0.0738 e. The number of allylic oxidation sites excluding steroid dienone is 10. The van der Waals surface area contributed by atoms with Gasteiger partial charge in [-0.25, -0.2) is 0 Å². The summed E-state index contributed by atoms with van der Waals surface area (Å²) in [6.07, 6.45) is 25.9. The van der Waals surface area contributed by atoms with Crippen molar-refractivity contribution in [2.75, 3.05) is 0 Å². The molecule has 0 spiro atoms. The molecular formula is C20H18. The van der Waals surface area contributed by atoms with Crippen molar-refractivity contribution in [1.29, 1.82) is 0 Å². The Morgan fingerprint density at radius 2 is 0.900 bits per heavy atom. The van der Waals surface area contributed by atoms with E-state index in [2.05, 4.69) is 97.2 Å². The van der Waals surface area contributed by atoms with Gasteiger partial charge in [0.25, 0.3) is 0 Å². The van der Waals surface area contributed by atoms with Crippen molar-refractivity contribution in [2.24, 2.45) is 11.8 Å². The standard InChI is InChI=1S/C20H18/c1-2-6-17(5-1)9-11-19-13-15-20(16-14-19)12-10-18-7-3-4-8-18/h1-18H. The van der Waals surface area contributed by atoms with E-state index in [1.165, 1.54) is 11.1 Å². The van der Waals surface area contributed by atoms with E-state index in [1.54, 1.807) is 0 Å². The lowest BCUT2D eigenvalue weighted by Crippen LogP contribution is -1.82. The fourth-order valence-corrected chi connectivity index (χ4v) is 2.32. The number of hydrogen-bond acceptors (Lipinski definition) is 0. The summed E-state index contributed by atoms with van der Waals surface area (Å²) in [6.45, 7) is 0. The second kappa shape index (κ2) is 6.21. The van der Waals surface area contributed by atoms with Gasteiger partial charge in [-0.1, -0.05) is 97.2 Å². The first-order valence-corrected chi connectivity index (χ1v) is 7.07. The van der Waals surface area contributed by atoms with Gasteiger partial charge in [-0.3, -0.25) is 0 Å². The second-order valence-electron chi connectivity index (χ2n) is 5.08. The molecule has 0 amide bonds.